The van der Waals surface area contributed by atoms with E-state index in [0.29, 0.717) is 12.2 Å². The SMILES string of the molecule is CNC(=O)OSNC(C)=O.NC(=O)O. The monoisotopic (exact) mass is 225 g/mol. The Balaban J connectivity index is 0. The maximum absolute atomic E-state index is 10.3. The molecule has 0 aromatic heterocycles. The van der Waals surface area contributed by atoms with Gasteiger partial charge in [0.15, 0.2) is 12.2 Å². The quantitative estimate of drug-likeness (QED) is 0.375. The molecule has 0 aromatic rings. The molecular formula is C5H11N3O5S. The van der Waals surface area contributed by atoms with Gasteiger partial charge < -0.3 is 20.3 Å². The molecular weight excluding hydrogens is 214 g/mol. The van der Waals surface area contributed by atoms with E-state index in [2.05, 4.69) is 20.0 Å². The average molecular weight is 225 g/mol. The van der Waals surface area contributed by atoms with Gasteiger partial charge in [-0.15, -0.1) is 0 Å². The Morgan fingerprint density at radius 1 is 1.43 bits per heavy atom. The van der Waals surface area contributed by atoms with Gasteiger partial charge in [0.2, 0.25) is 5.91 Å². The fourth-order valence-corrected chi connectivity index (χ4v) is 0.477. The normalized spacial score (nSPS) is 7.57. The molecule has 0 radical (unpaired) electrons. The predicted molar refractivity (Wildman–Crippen MR) is 49.2 cm³/mol. The summed E-state index contributed by atoms with van der Waals surface area (Å²) in [4.78, 5) is 29.2. The summed E-state index contributed by atoms with van der Waals surface area (Å²) in [6.07, 6.45) is -1.93. The van der Waals surface area contributed by atoms with Gasteiger partial charge in [-0.25, -0.2) is 9.59 Å². The molecule has 0 heterocycles. The standard InChI is InChI=1S/C4H8N2O3S.CH3NO2/c1-3(7)6-10-9-4(8)5-2;2-1(3)4/h1-2H3,(H,5,8)(H,6,7);2H2,(H,3,4). The van der Waals surface area contributed by atoms with E-state index in [4.69, 9.17) is 9.90 Å². The molecule has 0 fully saturated rings. The maximum Gasteiger partial charge on any atom is 0.420 e. The van der Waals surface area contributed by atoms with E-state index in [1.54, 1.807) is 0 Å². The lowest BCUT2D eigenvalue weighted by atomic mass is 10.8. The Kier molecular flexibility index (Phi) is 10.0. The highest BCUT2D eigenvalue weighted by Gasteiger charge is 1.98. The van der Waals surface area contributed by atoms with Crippen molar-refractivity contribution in [2.45, 2.75) is 6.92 Å². The summed E-state index contributed by atoms with van der Waals surface area (Å²) in [7, 11) is 1.43. The molecule has 0 saturated heterocycles. The van der Waals surface area contributed by atoms with Crippen molar-refractivity contribution in [3.8, 4) is 0 Å². The van der Waals surface area contributed by atoms with Crippen molar-refractivity contribution in [2.75, 3.05) is 7.05 Å². The Labute approximate surface area is 84.5 Å². The van der Waals surface area contributed by atoms with E-state index in [1.807, 2.05) is 0 Å². The summed E-state index contributed by atoms with van der Waals surface area (Å²) >= 11 is 0.582. The van der Waals surface area contributed by atoms with Crippen molar-refractivity contribution in [2.24, 2.45) is 5.73 Å². The van der Waals surface area contributed by atoms with Crippen molar-refractivity contribution in [1.82, 2.24) is 10.0 Å². The minimum Gasteiger partial charge on any atom is -0.465 e. The van der Waals surface area contributed by atoms with Gasteiger partial charge >= 0.3 is 12.2 Å². The fourth-order valence-electron chi connectivity index (χ4n) is 0.159. The highest BCUT2D eigenvalue weighted by atomic mass is 32.2. The molecule has 0 bridgehead atoms. The van der Waals surface area contributed by atoms with Crippen LogP contribution < -0.4 is 15.8 Å². The minimum atomic E-state index is -1.33. The van der Waals surface area contributed by atoms with Crippen LogP contribution in [0.15, 0.2) is 0 Å². The second kappa shape index (κ2) is 9.45. The zero-order valence-corrected chi connectivity index (χ0v) is 8.38. The van der Waals surface area contributed by atoms with Gasteiger partial charge in [-0.05, 0) is 0 Å². The van der Waals surface area contributed by atoms with Crippen LogP contribution in [-0.4, -0.2) is 30.2 Å². The second-order valence-corrected chi connectivity index (χ2v) is 2.24. The molecule has 0 spiro atoms. The van der Waals surface area contributed by atoms with E-state index in [9.17, 15) is 9.59 Å². The number of hydrogen-bond acceptors (Lipinski definition) is 5. The Hall–Kier alpha value is -1.64. The van der Waals surface area contributed by atoms with Crippen molar-refractivity contribution in [3.63, 3.8) is 0 Å². The third-order valence-corrected chi connectivity index (χ3v) is 1.11. The van der Waals surface area contributed by atoms with Crippen LogP contribution in [0.1, 0.15) is 6.92 Å². The molecule has 3 amide bonds. The first-order chi connectivity index (χ1) is 6.40. The van der Waals surface area contributed by atoms with E-state index in [1.165, 1.54) is 14.0 Å². The first-order valence-corrected chi connectivity index (χ1v) is 3.94. The number of rotatable bonds is 2. The zero-order chi connectivity index (χ0) is 11.6. The molecule has 0 atom stereocenters. The molecule has 82 valence electrons. The number of nitrogens with two attached hydrogens (primary N) is 1. The van der Waals surface area contributed by atoms with Crippen molar-refractivity contribution in [3.05, 3.63) is 0 Å². The predicted octanol–water partition coefficient (Wildman–Crippen LogP) is -0.335. The number of amides is 3. The highest BCUT2D eigenvalue weighted by molar-refractivity contribution is 7.93. The van der Waals surface area contributed by atoms with Crippen LogP contribution >= 0.6 is 12.2 Å². The fraction of sp³-hybridized carbons (Fsp3) is 0.400. The molecule has 0 rings (SSSR count). The van der Waals surface area contributed by atoms with E-state index < -0.39 is 12.2 Å². The number of carboxylic acid groups (broad SMARTS) is 1. The van der Waals surface area contributed by atoms with Gasteiger partial charge in [0, 0.05) is 14.0 Å². The number of carbonyl (C=O) groups excluding carboxylic acids is 2. The smallest absolute Gasteiger partial charge is 0.420 e. The average Bonchev–Trinajstić information content (AvgIpc) is 2.02. The van der Waals surface area contributed by atoms with Crippen LogP contribution in [0.5, 0.6) is 0 Å². The minimum absolute atomic E-state index is 0.270. The third kappa shape index (κ3) is 22.4. The molecule has 14 heavy (non-hydrogen) atoms. The zero-order valence-electron chi connectivity index (χ0n) is 7.57. The van der Waals surface area contributed by atoms with E-state index in [0.717, 1.165) is 0 Å². The van der Waals surface area contributed by atoms with Gasteiger partial charge in [-0.3, -0.25) is 9.52 Å². The lowest BCUT2D eigenvalue weighted by Gasteiger charge is -1.99. The van der Waals surface area contributed by atoms with Crippen LogP contribution in [-0.2, 0) is 8.98 Å². The van der Waals surface area contributed by atoms with Crippen LogP contribution in [0.25, 0.3) is 0 Å². The summed E-state index contributed by atoms with van der Waals surface area (Å²) in [5, 5.41) is 9.40. The first kappa shape index (κ1) is 14.9. The maximum atomic E-state index is 10.3. The first-order valence-electron chi connectivity index (χ1n) is 3.20. The lowest BCUT2D eigenvalue weighted by molar-refractivity contribution is -0.117. The van der Waals surface area contributed by atoms with Crippen LogP contribution in [0.4, 0.5) is 9.59 Å². The van der Waals surface area contributed by atoms with Gasteiger partial charge in [0.1, 0.15) is 0 Å². The summed E-state index contributed by atoms with van der Waals surface area (Å²) in [6.45, 7) is 1.32. The summed E-state index contributed by atoms with van der Waals surface area (Å²) in [5.74, 6) is -0.270. The largest absolute Gasteiger partial charge is 0.465 e. The molecule has 0 aliphatic carbocycles. The summed E-state index contributed by atoms with van der Waals surface area (Å²) in [5.41, 5.74) is 4.03. The van der Waals surface area contributed by atoms with Crippen molar-refractivity contribution in [1.29, 1.82) is 0 Å². The van der Waals surface area contributed by atoms with E-state index >= 15 is 0 Å². The van der Waals surface area contributed by atoms with E-state index in [-0.39, 0.29) is 5.91 Å². The van der Waals surface area contributed by atoms with Gasteiger partial charge in [-0.1, -0.05) is 0 Å². The van der Waals surface area contributed by atoms with Crippen molar-refractivity contribution < 1.29 is 23.7 Å². The number of nitrogens with one attached hydrogen (secondary N) is 2. The van der Waals surface area contributed by atoms with Gasteiger partial charge in [-0.2, -0.15) is 0 Å². The highest BCUT2D eigenvalue weighted by Crippen LogP contribution is 1.94. The summed E-state index contributed by atoms with van der Waals surface area (Å²) < 4.78 is 6.54. The molecule has 0 saturated carbocycles. The van der Waals surface area contributed by atoms with Crippen LogP contribution in [0.3, 0.4) is 0 Å². The van der Waals surface area contributed by atoms with Crippen LogP contribution in [0.2, 0.25) is 0 Å². The van der Waals surface area contributed by atoms with Crippen LogP contribution in [0, 0.1) is 0 Å². The number of carbonyl (C=O) groups is 3. The Morgan fingerprint density at radius 2 is 1.86 bits per heavy atom. The Bertz CT molecular complexity index is 206. The molecule has 0 aliphatic rings. The third-order valence-electron chi connectivity index (χ3n) is 0.507. The lowest BCUT2D eigenvalue weighted by Crippen LogP contribution is -2.19. The molecule has 0 aliphatic heterocycles. The molecule has 8 nitrogen and oxygen atoms in total. The molecule has 5 N–H and O–H groups in total. The molecule has 9 heteroatoms. The number of primary amides is 1. The summed E-state index contributed by atoms with van der Waals surface area (Å²) in [6, 6.07) is 0. The topological polar surface area (TPSA) is 131 Å². The van der Waals surface area contributed by atoms with Crippen molar-refractivity contribution >= 4 is 30.3 Å². The van der Waals surface area contributed by atoms with Gasteiger partial charge in [0.05, 0.1) is 0 Å². The number of hydrogen-bond donors (Lipinski definition) is 4. The van der Waals surface area contributed by atoms with Gasteiger partial charge in [0.25, 0.3) is 0 Å². The second-order valence-electron chi connectivity index (χ2n) is 1.70. The molecule has 0 aromatic carbocycles. The Morgan fingerprint density at radius 3 is 2.14 bits per heavy atom. The molecule has 0 unspecified atom stereocenters.